The maximum atomic E-state index is 11.7. The first-order valence-electron chi connectivity index (χ1n) is 6.31. The van der Waals surface area contributed by atoms with Gasteiger partial charge in [0.05, 0.1) is 5.41 Å². The first-order chi connectivity index (χ1) is 8.02. The molecule has 0 atom stereocenters. The fourth-order valence-electron chi connectivity index (χ4n) is 2.32. The summed E-state index contributed by atoms with van der Waals surface area (Å²) < 4.78 is 0. The van der Waals surface area contributed by atoms with Crippen LogP contribution in [0, 0.1) is 5.41 Å². The lowest BCUT2D eigenvalue weighted by molar-refractivity contribution is -0.143. The molecule has 0 bridgehead atoms. The van der Waals surface area contributed by atoms with E-state index in [1.165, 1.54) is 0 Å². The second kappa shape index (κ2) is 4.20. The van der Waals surface area contributed by atoms with Gasteiger partial charge in [0.15, 0.2) is 0 Å². The van der Waals surface area contributed by atoms with Gasteiger partial charge in [-0.05, 0) is 38.5 Å². The minimum absolute atomic E-state index is 0.0377. The molecule has 5 nitrogen and oxygen atoms in total. The molecule has 2 saturated carbocycles. The van der Waals surface area contributed by atoms with Gasteiger partial charge in [-0.1, -0.05) is 6.92 Å². The van der Waals surface area contributed by atoms with Gasteiger partial charge in [0, 0.05) is 12.1 Å². The molecule has 0 spiro atoms. The second-order valence-electron chi connectivity index (χ2n) is 5.38. The van der Waals surface area contributed by atoms with Crippen molar-refractivity contribution in [1.29, 1.82) is 0 Å². The Balaban J connectivity index is 1.76. The standard InChI is InChI=1S/C12H20N2O3/c1-2-12(4-3-5-12)14-10(17)13-8-11(6-7-11)9(15)16/h2-8H2,1H3,(H,15,16)(H2,13,14,17). The highest BCUT2D eigenvalue weighted by molar-refractivity contribution is 5.80. The van der Waals surface area contributed by atoms with Crippen LogP contribution in [0.15, 0.2) is 0 Å². The van der Waals surface area contributed by atoms with Gasteiger partial charge in [0.2, 0.25) is 0 Å². The summed E-state index contributed by atoms with van der Waals surface area (Å²) in [6.45, 7) is 2.31. The number of rotatable bonds is 5. The molecule has 17 heavy (non-hydrogen) atoms. The molecule has 3 N–H and O–H groups in total. The normalized spacial score (nSPS) is 23.4. The molecule has 2 aliphatic carbocycles. The third-order valence-corrected chi connectivity index (χ3v) is 4.26. The molecule has 0 aromatic rings. The molecule has 96 valence electrons. The van der Waals surface area contributed by atoms with Crippen LogP contribution in [-0.4, -0.2) is 29.2 Å². The van der Waals surface area contributed by atoms with E-state index in [-0.39, 0.29) is 18.1 Å². The van der Waals surface area contributed by atoms with Crippen LogP contribution in [0.3, 0.4) is 0 Å². The Morgan fingerprint density at radius 3 is 2.24 bits per heavy atom. The summed E-state index contributed by atoms with van der Waals surface area (Å²) in [7, 11) is 0. The quantitative estimate of drug-likeness (QED) is 0.681. The molecule has 0 aromatic carbocycles. The van der Waals surface area contributed by atoms with E-state index in [1.54, 1.807) is 0 Å². The Morgan fingerprint density at radius 2 is 1.88 bits per heavy atom. The lowest BCUT2D eigenvalue weighted by Gasteiger charge is -2.41. The van der Waals surface area contributed by atoms with Crippen molar-refractivity contribution in [3.05, 3.63) is 0 Å². The average molecular weight is 240 g/mol. The molecule has 2 aliphatic rings. The summed E-state index contributed by atoms with van der Waals surface area (Å²) in [4.78, 5) is 22.6. The highest BCUT2D eigenvalue weighted by Gasteiger charge is 2.50. The van der Waals surface area contributed by atoms with Gasteiger partial charge in [-0.15, -0.1) is 0 Å². The second-order valence-corrected chi connectivity index (χ2v) is 5.38. The van der Waals surface area contributed by atoms with Crippen LogP contribution in [0.1, 0.15) is 45.4 Å². The van der Waals surface area contributed by atoms with Crippen LogP contribution in [0.25, 0.3) is 0 Å². The zero-order valence-electron chi connectivity index (χ0n) is 10.2. The highest BCUT2D eigenvalue weighted by Crippen LogP contribution is 2.45. The summed E-state index contributed by atoms with van der Waals surface area (Å²) in [6, 6.07) is -0.223. The van der Waals surface area contributed by atoms with Crippen LogP contribution < -0.4 is 10.6 Å². The number of carbonyl (C=O) groups excluding carboxylic acids is 1. The minimum atomic E-state index is -0.799. The summed E-state index contributed by atoms with van der Waals surface area (Å²) in [6.07, 6.45) is 5.49. The van der Waals surface area contributed by atoms with Crippen LogP contribution in [0.5, 0.6) is 0 Å². The molecule has 0 radical (unpaired) electrons. The number of carbonyl (C=O) groups is 2. The van der Waals surface area contributed by atoms with Crippen molar-refractivity contribution in [2.24, 2.45) is 5.41 Å². The van der Waals surface area contributed by atoms with Gasteiger partial charge in [-0.2, -0.15) is 0 Å². The van der Waals surface area contributed by atoms with Crippen LogP contribution in [-0.2, 0) is 4.79 Å². The van der Waals surface area contributed by atoms with Crippen molar-refractivity contribution in [3.63, 3.8) is 0 Å². The number of amides is 2. The molecule has 2 rings (SSSR count). The largest absolute Gasteiger partial charge is 0.481 e. The summed E-state index contributed by atoms with van der Waals surface area (Å²) in [5, 5.41) is 14.7. The molecule has 0 unspecified atom stereocenters. The molecule has 0 saturated heterocycles. The van der Waals surface area contributed by atoms with Crippen LogP contribution in [0.2, 0.25) is 0 Å². The highest BCUT2D eigenvalue weighted by atomic mass is 16.4. The molecule has 0 aliphatic heterocycles. The summed E-state index contributed by atoms with van der Waals surface area (Å²) in [5.41, 5.74) is -0.722. The fourth-order valence-corrected chi connectivity index (χ4v) is 2.32. The molecular weight excluding hydrogens is 220 g/mol. The van der Waals surface area contributed by atoms with Crippen molar-refractivity contribution in [3.8, 4) is 0 Å². The molecule has 0 aromatic heterocycles. The topological polar surface area (TPSA) is 78.4 Å². The summed E-state index contributed by atoms with van der Waals surface area (Å²) >= 11 is 0. The van der Waals surface area contributed by atoms with E-state index >= 15 is 0 Å². The fraction of sp³-hybridized carbons (Fsp3) is 0.833. The first kappa shape index (κ1) is 12.2. The third kappa shape index (κ3) is 2.37. The number of nitrogens with one attached hydrogen (secondary N) is 2. The van der Waals surface area contributed by atoms with Crippen LogP contribution in [0.4, 0.5) is 4.79 Å². The Labute approximate surface area is 101 Å². The van der Waals surface area contributed by atoms with E-state index in [2.05, 4.69) is 17.6 Å². The Bertz CT molecular complexity index is 327. The van der Waals surface area contributed by atoms with E-state index in [9.17, 15) is 9.59 Å². The molecule has 0 heterocycles. The van der Waals surface area contributed by atoms with Gasteiger partial charge in [0.1, 0.15) is 0 Å². The van der Waals surface area contributed by atoms with E-state index in [1.807, 2.05) is 0 Å². The average Bonchev–Trinajstić information content (AvgIpc) is 3.01. The van der Waals surface area contributed by atoms with Gasteiger partial charge in [-0.3, -0.25) is 4.79 Å². The predicted molar refractivity (Wildman–Crippen MR) is 62.7 cm³/mol. The third-order valence-electron chi connectivity index (χ3n) is 4.26. The number of aliphatic carboxylic acids is 1. The lowest BCUT2D eigenvalue weighted by Crippen LogP contribution is -2.56. The molecule has 2 fully saturated rings. The van der Waals surface area contributed by atoms with Crippen molar-refractivity contribution < 1.29 is 14.7 Å². The Morgan fingerprint density at radius 1 is 1.24 bits per heavy atom. The van der Waals surface area contributed by atoms with E-state index < -0.39 is 11.4 Å². The van der Waals surface area contributed by atoms with Gasteiger partial charge in [-0.25, -0.2) is 4.79 Å². The number of hydrogen-bond acceptors (Lipinski definition) is 2. The number of carboxylic acid groups (broad SMARTS) is 1. The van der Waals surface area contributed by atoms with Crippen molar-refractivity contribution in [2.45, 2.75) is 51.0 Å². The first-order valence-corrected chi connectivity index (χ1v) is 6.31. The molecule has 2 amide bonds. The van der Waals surface area contributed by atoms with Crippen LogP contribution >= 0.6 is 0 Å². The molecule has 5 heteroatoms. The maximum Gasteiger partial charge on any atom is 0.315 e. The van der Waals surface area contributed by atoms with Crippen molar-refractivity contribution in [2.75, 3.05) is 6.54 Å². The zero-order chi connectivity index (χ0) is 12.5. The minimum Gasteiger partial charge on any atom is -0.481 e. The van der Waals surface area contributed by atoms with Crippen molar-refractivity contribution in [1.82, 2.24) is 10.6 Å². The van der Waals surface area contributed by atoms with E-state index in [4.69, 9.17) is 5.11 Å². The van der Waals surface area contributed by atoms with E-state index in [0.717, 1.165) is 25.7 Å². The smallest absolute Gasteiger partial charge is 0.315 e. The Kier molecular flexibility index (Phi) is 3.02. The van der Waals surface area contributed by atoms with Crippen molar-refractivity contribution >= 4 is 12.0 Å². The van der Waals surface area contributed by atoms with Gasteiger partial charge >= 0.3 is 12.0 Å². The lowest BCUT2D eigenvalue weighted by atomic mass is 9.75. The van der Waals surface area contributed by atoms with Gasteiger partial charge < -0.3 is 15.7 Å². The monoisotopic (exact) mass is 240 g/mol. The zero-order valence-corrected chi connectivity index (χ0v) is 10.2. The van der Waals surface area contributed by atoms with E-state index in [0.29, 0.717) is 12.8 Å². The number of hydrogen-bond donors (Lipinski definition) is 3. The summed E-state index contributed by atoms with van der Waals surface area (Å²) in [5.74, 6) is -0.799. The maximum absolute atomic E-state index is 11.7. The van der Waals surface area contributed by atoms with Gasteiger partial charge in [0.25, 0.3) is 0 Å². The number of urea groups is 1. The molecular formula is C12H20N2O3. The Hall–Kier alpha value is -1.26. The number of carboxylic acids is 1. The predicted octanol–water partition coefficient (Wildman–Crippen LogP) is 1.48. The SMILES string of the molecule is CCC1(NC(=O)NCC2(C(=O)O)CC2)CCC1.